The standard InChI is InChI=1S/C18H23N7O2S/c1-5-12-10-21-14(27-12)7-9-20-17(26)24-18-22-11(2)15(28-18)13-6-8-19-16(23-13)25(3)4/h6,8,10H,5,7,9H2,1-4H3,(H2,20,22,24,26). The average molecular weight is 401 g/mol. The minimum Gasteiger partial charge on any atom is -0.446 e. The summed E-state index contributed by atoms with van der Waals surface area (Å²) in [4.78, 5) is 32.2. The van der Waals surface area contributed by atoms with E-state index in [-0.39, 0.29) is 6.03 Å². The zero-order valence-corrected chi connectivity index (χ0v) is 17.1. The van der Waals surface area contributed by atoms with E-state index in [2.05, 4.69) is 30.6 Å². The van der Waals surface area contributed by atoms with Crippen molar-refractivity contribution < 1.29 is 9.21 Å². The smallest absolute Gasteiger partial charge is 0.321 e. The molecule has 3 aromatic heterocycles. The van der Waals surface area contributed by atoms with Crippen LogP contribution in [-0.2, 0) is 12.8 Å². The minimum absolute atomic E-state index is 0.320. The Balaban J connectivity index is 1.58. The van der Waals surface area contributed by atoms with Gasteiger partial charge in [0, 0.05) is 39.7 Å². The summed E-state index contributed by atoms with van der Waals surface area (Å²) >= 11 is 1.37. The molecule has 2 N–H and O–H groups in total. The van der Waals surface area contributed by atoms with Crippen LogP contribution in [0.1, 0.15) is 24.3 Å². The van der Waals surface area contributed by atoms with E-state index in [1.807, 2.05) is 38.9 Å². The lowest BCUT2D eigenvalue weighted by Gasteiger charge is -2.10. The van der Waals surface area contributed by atoms with Crippen molar-refractivity contribution in [3.63, 3.8) is 0 Å². The van der Waals surface area contributed by atoms with Crippen LogP contribution in [0.5, 0.6) is 0 Å². The summed E-state index contributed by atoms with van der Waals surface area (Å²) in [7, 11) is 3.77. The molecule has 148 valence electrons. The maximum atomic E-state index is 12.1. The molecule has 2 amide bonds. The lowest BCUT2D eigenvalue weighted by Crippen LogP contribution is -2.30. The lowest BCUT2D eigenvalue weighted by molar-refractivity contribution is 0.252. The molecule has 0 saturated carbocycles. The molecule has 0 bridgehead atoms. The van der Waals surface area contributed by atoms with Gasteiger partial charge in [-0.2, -0.15) is 0 Å². The first-order chi connectivity index (χ1) is 13.5. The van der Waals surface area contributed by atoms with Gasteiger partial charge < -0.3 is 14.6 Å². The fraction of sp³-hybridized carbons (Fsp3) is 0.389. The van der Waals surface area contributed by atoms with Crippen LogP contribution < -0.4 is 15.5 Å². The van der Waals surface area contributed by atoms with Crippen LogP contribution in [0.15, 0.2) is 22.9 Å². The molecule has 0 aliphatic carbocycles. The number of amides is 2. The highest BCUT2D eigenvalue weighted by Crippen LogP contribution is 2.31. The van der Waals surface area contributed by atoms with Crippen LogP contribution in [0.4, 0.5) is 15.9 Å². The van der Waals surface area contributed by atoms with Crippen LogP contribution >= 0.6 is 11.3 Å². The zero-order chi connectivity index (χ0) is 20.1. The molecule has 3 heterocycles. The largest absolute Gasteiger partial charge is 0.446 e. The van der Waals surface area contributed by atoms with E-state index < -0.39 is 0 Å². The molecule has 3 rings (SSSR count). The van der Waals surface area contributed by atoms with Crippen molar-refractivity contribution in [3.05, 3.63) is 35.8 Å². The number of oxazole rings is 1. The summed E-state index contributed by atoms with van der Waals surface area (Å²) in [6.07, 6.45) is 4.76. The van der Waals surface area contributed by atoms with Gasteiger partial charge in [0.2, 0.25) is 5.95 Å². The molecule has 28 heavy (non-hydrogen) atoms. The Labute approximate surface area is 167 Å². The van der Waals surface area contributed by atoms with Crippen molar-refractivity contribution in [3.8, 4) is 10.6 Å². The predicted octanol–water partition coefficient (Wildman–Crippen LogP) is 2.89. The molecule has 0 saturated heterocycles. The van der Waals surface area contributed by atoms with Gasteiger partial charge >= 0.3 is 6.03 Å². The van der Waals surface area contributed by atoms with E-state index in [4.69, 9.17) is 4.42 Å². The van der Waals surface area contributed by atoms with Gasteiger partial charge in [0.1, 0.15) is 5.76 Å². The molecule has 0 fully saturated rings. The van der Waals surface area contributed by atoms with Crippen molar-refractivity contribution in [2.45, 2.75) is 26.7 Å². The number of rotatable bonds is 7. The minimum atomic E-state index is -0.320. The van der Waals surface area contributed by atoms with E-state index in [1.165, 1.54) is 11.3 Å². The topological polar surface area (TPSA) is 109 Å². The Bertz CT molecular complexity index is 951. The number of urea groups is 1. The zero-order valence-electron chi connectivity index (χ0n) is 16.3. The normalized spacial score (nSPS) is 10.7. The summed E-state index contributed by atoms with van der Waals surface area (Å²) in [6, 6.07) is 1.51. The fourth-order valence-electron chi connectivity index (χ4n) is 2.43. The van der Waals surface area contributed by atoms with Crippen LogP contribution in [0.3, 0.4) is 0 Å². The van der Waals surface area contributed by atoms with Gasteiger partial charge in [-0.25, -0.2) is 24.7 Å². The van der Waals surface area contributed by atoms with Gasteiger partial charge in [0.15, 0.2) is 11.0 Å². The molecular formula is C18H23N7O2S. The number of nitrogens with one attached hydrogen (secondary N) is 2. The number of hydrogen-bond acceptors (Lipinski definition) is 8. The predicted molar refractivity (Wildman–Crippen MR) is 109 cm³/mol. The summed E-state index contributed by atoms with van der Waals surface area (Å²) in [6.45, 7) is 4.31. The van der Waals surface area contributed by atoms with Crippen LogP contribution in [0.2, 0.25) is 0 Å². The molecule has 0 aliphatic rings. The number of anilines is 2. The van der Waals surface area contributed by atoms with Gasteiger partial charge in [-0.15, -0.1) is 0 Å². The summed E-state index contributed by atoms with van der Waals surface area (Å²) < 4.78 is 5.52. The number of carbonyl (C=O) groups is 1. The molecule has 0 radical (unpaired) electrons. The lowest BCUT2D eigenvalue weighted by atomic mass is 10.3. The second-order valence-corrected chi connectivity index (χ2v) is 7.27. The van der Waals surface area contributed by atoms with Crippen molar-refractivity contribution in [2.24, 2.45) is 0 Å². The Hall–Kier alpha value is -3.01. The maximum absolute atomic E-state index is 12.1. The highest BCUT2D eigenvalue weighted by molar-refractivity contribution is 7.19. The number of aryl methyl sites for hydroxylation is 2. The number of nitrogens with zero attached hydrogens (tertiary/aromatic N) is 5. The molecule has 3 aromatic rings. The second-order valence-electron chi connectivity index (χ2n) is 6.27. The fourth-order valence-corrected chi connectivity index (χ4v) is 3.36. The monoisotopic (exact) mass is 401 g/mol. The van der Waals surface area contributed by atoms with E-state index >= 15 is 0 Å². The highest BCUT2D eigenvalue weighted by Gasteiger charge is 2.14. The molecule has 0 aromatic carbocycles. The third-order valence-electron chi connectivity index (χ3n) is 3.87. The third kappa shape index (κ3) is 4.83. The summed E-state index contributed by atoms with van der Waals surface area (Å²) in [5.74, 6) is 2.08. The Kier molecular flexibility index (Phi) is 6.19. The molecule has 0 unspecified atom stereocenters. The Morgan fingerprint density at radius 3 is 2.82 bits per heavy atom. The van der Waals surface area contributed by atoms with Crippen molar-refractivity contribution in [1.29, 1.82) is 0 Å². The molecule has 0 atom stereocenters. The number of aromatic nitrogens is 4. The first kappa shape index (κ1) is 19.7. The van der Waals surface area contributed by atoms with E-state index in [0.29, 0.717) is 29.9 Å². The van der Waals surface area contributed by atoms with Crippen LogP contribution in [-0.4, -0.2) is 46.6 Å². The van der Waals surface area contributed by atoms with Gasteiger partial charge in [-0.3, -0.25) is 5.32 Å². The third-order valence-corrected chi connectivity index (χ3v) is 4.96. The average Bonchev–Trinajstić information content (AvgIpc) is 3.28. The van der Waals surface area contributed by atoms with E-state index in [0.717, 1.165) is 28.4 Å². The first-order valence-corrected chi connectivity index (χ1v) is 9.74. The molecule has 0 spiro atoms. The Morgan fingerprint density at radius 2 is 2.11 bits per heavy atom. The second kappa shape index (κ2) is 8.79. The highest BCUT2D eigenvalue weighted by atomic mass is 32.1. The van der Waals surface area contributed by atoms with E-state index in [1.54, 1.807) is 12.4 Å². The van der Waals surface area contributed by atoms with Gasteiger partial charge in [-0.1, -0.05) is 18.3 Å². The van der Waals surface area contributed by atoms with E-state index in [9.17, 15) is 4.79 Å². The van der Waals surface area contributed by atoms with Gasteiger partial charge in [-0.05, 0) is 13.0 Å². The molecule has 10 heteroatoms. The quantitative estimate of drug-likeness (QED) is 0.626. The van der Waals surface area contributed by atoms with Crippen LogP contribution in [0, 0.1) is 6.92 Å². The first-order valence-electron chi connectivity index (χ1n) is 8.93. The number of thiazole rings is 1. The van der Waals surface area contributed by atoms with Crippen molar-refractivity contribution >= 4 is 28.4 Å². The molecular weight excluding hydrogens is 378 g/mol. The number of hydrogen-bond donors (Lipinski definition) is 2. The SMILES string of the molecule is CCc1cnc(CCNC(=O)Nc2nc(C)c(-c3ccnc(N(C)C)n3)s2)o1. The Morgan fingerprint density at radius 1 is 1.29 bits per heavy atom. The maximum Gasteiger partial charge on any atom is 0.321 e. The van der Waals surface area contributed by atoms with Crippen LogP contribution in [0.25, 0.3) is 10.6 Å². The van der Waals surface area contributed by atoms with Gasteiger partial charge in [0.05, 0.1) is 22.5 Å². The molecule has 9 nitrogen and oxygen atoms in total. The van der Waals surface area contributed by atoms with Crippen molar-refractivity contribution in [2.75, 3.05) is 30.9 Å². The molecule has 0 aliphatic heterocycles. The van der Waals surface area contributed by atoms with Crippen molar-refractivity contribution in [1.82, 2.24) is 25.3 Å². The summed E-state index contributed by atoms with van der Waals surface area (Å²) in [5, 5.41) is 6.06. The van der Waals surface area contributed by atoms with Gasteiger partial charge in [0.25, 0.3) is 0 Å². The summed E-state index contributed by atoms with van der Waals surface area (Å²) in [5.41, 5.74) is 1.58. The number of carbonyl (C=O) groups excluding carboxylic acids is 1.